The summed E-state index contributed by atoms with van der Waals surface area (Å²) in [5, 5.41) is 8.86. The fourth-order valence-electron chi connectivity index (χ4n) is 1.14. The molecule has 1 rings (SSSR count). The van der Waals surface area contributed by atoms with Crippen molar-refractivity contribution in [2.75, 3.05) is 6.61 Å². The average molecular weight is 210 g/mol. The maximum atomic E-state index is 12.8. The summed E-state index contributed by atoms with van der Waals surface area (Å²) in [6, 6.07) is 5.33. The first kappa shape index (κ1) is 11.4. The molecule has 0 radical (unpaired) electrons. The molecule has 0 saturated carbocycles. The van der Waals surface area contributed by atoms with Gasteiger partial charge in [0.2, 0.25) is 0 Å². The predicted octanol–water partition coefficient (Wildman–Crippen LogP) is 2.15. The standard InChI is InChI=1S/C11H11FO3/c1-2-6-15-10(11(13)14)8-4-3-5-9(12)7-8/h2-5,7,10H,1,6H2,(H,13,14). The Labute approximate surface area is 86.8 Å². The highest BCUT2D eigenvalue weighted by atomic mass is 19.1. The van der Waals surface area contributed by atoms with E-state index in [1.54, 1.807) is 0 Å². The summed E-state index contributed by atoms with van der Waals surface area (Å²) in [6.45, 7) is 3.52. The van der Waals surface area contributed by atoms with Gasteiger partial charge in [0.25, 0.3) is 0 Å². The zero-order valence-electron chi connectivity index (χ0n) is 8.02. The Balaban J connectivity index is 2.88. The van der Waals surface area contributed by atoms with Crippen LogP contribution in [0.3, 0.4) is 0 Å². The lowest BCUT2D eigenvalue weighted by Crippen LogP contribution is -2.15. The van der Waals surface area contributed by atoms with Crippen LogP contribution in [0.2, 0.25) is 0 Å². The van der Waals surface area contributed by atoms with Crippen LogP contribution in [0.5, 0.6) is 0 Å². The van der Waals surface area contributed by atoms with Crippen LogP contribution < -0.4 is 0 Å². The second kappa shape index (κ2) is 5.26. The van der Waals surface area contributed by atoms with Crippen LogP contribution in [0.25, 0.3) is 0 Å². The van der Waals surface area contributed by atoms with E-state index in [0.29, 0.717) is 0 Å². The molecule has 0 aliphatic heterocycles. The Bertz CT molecular complexity index is 363. The summed E-state index contributed by atoms with van der Waals surface area (Å²) < 4.78 is 17.9. The minimum absolute atomic E-state index is 0.105. The van der Waals surface area contributed by atoms with E-state index in [9.17, 15) is 9.18 Å². The van der Waals surface area contributed by atoms with E-state index < -0.39 is 17.9 Å². The van der Waals surface area contributed by atoms with Crippen molar-refractivity contribution in [1.29, 1.82) is 0 Å². The molecule has 1 unspecified atom stereocenters. The van der Waals surface area contributed by atoms with Gasteiger partial charge in [-0.15, -0.1) is 6.58 Å². The first-order valence-corrected chi connectivity index (χ1v) is 4.36. The first-order chi connectivity index (χ1) is 7.15. The van der Waals surface area contributed by atoms with Crippen LogP contribution in [0.4, 0.5) is 4.39 Å². The van der Waals surface area contributed by atoms with Crippen molar-refractivity contribution in [3.05, 3.63) is 48.3 Å². The van der Waals surface area contributed by atoms with E-state index in [2.05, 4.69) is 6.58 Å². The molecular weight excluding hydrogens is 199 g/mol. The van der Waals surface area contributed by atoms with Crippen molar-refractivity contribution in [2.24, 2.45) is 0 Å². The minimum atomic E-state index is -1.15. The zero-order valence-corrected chi connectivity index (χ0v) is 8.02. The van der Waals surface area contributed by atoms with E-state index in [1.807, 2.05) is 0 Å². The van der Waals surface area contributed by atoms with Gasteiger partial charge in [-0.2, -0.15) is 0 Å². The summed E-state index contributed by atoms with van der Waals surface area (Å²) in [4.78, 5) is 10.8. The number of rotatable bonds is 5. The second-order valence-electron chi connectivity index (χ2n) is 2.90. The van der Waals surface area contributed by atoms with Gasteiger partial charge in [-0.3, -0.25) is 0 Å². The summed E-state index contributed by atoms with van der Waals surface area (Å²) in [5.41, 5.74) is 0.282. The molecule has 0 bridgehead atoms. The number of benzene rings is 1. The number of carbonyl (C=O) groups is 1. The molecule has 0 aliphatic carbocycles. The average Bonchev–Trinajstić information content (AvgIpc) is 2.18. The molecule has 0 spiro atoms. The largest absolute Gasteiger partial charge is 0.479 e. The number of carboxylic acids is 1. The lowest BCUT2D eigenvalue weighted by atomic mass is 10.1. The fourth-order valence-corrected chi connectivity index (χ4v) is 1.14. The SMILES string of the molecule is C=CCOC(C(=O)O)c1cccc(F)c1. The Morgan fingerprint density at radius 1 is 1.67 bits per heavy atom. The lowest BCUT2D eigenvalue weighted by molar-refractivity contribution is -0.150. The van der Waals surface area contributed by atoms with Gasteiger partial charge in [0, 0.05) is 0 Å². The van der Waals surface area contributed by atoms with E-state index in [4.69, 9.17) is 9.84 Å². The van der Waals surface area contributed by atoms with Crippen molar-refractivity contribution in [3.8, 4) is 0 Å². The topological polar surface area (TPSA) is 46.5 Å². The van der Waals surface area contributed by atoms with Gasteiger partial charge < -0.3 is 9.84 Å². The zero-order chi connectivity index (χ0) is 11.3. The first-order valence-electron chi connectivity index (χ1n) is 4.36. The summed E-state index contributed by atoms with van der Waals surface area (Å²) in [6.07, 6.45) is 0.286. The highest BCUT2D eigenvalue weighted by Crippen LogP contribution is 2.18. The van der Waals surface area contributed by atoms with Gasteiger partial charge in [0.1, 0.15) is 5.82 Å². The molecule has 1 aromatic carbocycles. The molecule has 15 heavy (non-hydrogen) atoms. The molecule has 3 nitrogen and oxygen atoms in total. The lowest BCUT2D eigenvalue weighted by Gasteiger charge is -2.12. The number of aliphatic carboxylic acids is 1. The van der Waals surface area contributed by atoms with Crippen LogP contribution >= 0.6 is 0 Å². The molecule has 0 aromatic heterocycles. The van der Waals surface area contributed by atoms with Gasteiger partial charge >= 0.3 is 5.97 Å². The molecule has 1 atom stereocenters. The van der Waals surface area contributed by atoms with Crippen molar-refractivity contribution in [2.45, 2.75) is 6.10 Å². The van der Waals surface area contributed by atoms with Gasteiger partial charge in [-0.25, -0.2) is 9.18 Å². The smallest absolute Gasteiger partial charge is 0.337 e. The highest BCUT2D eigenvalue weighted by molar-refractivity contribution is 5.74. The van der Waals surface area contributed by atoms with Crippen LogP contribution in [0, 0.1) is 5.82 Å². The third kappa shape index (κ3) is 3.18. The van der Waals surface area contributed by atoms with Crippen molar-refractivity contribution in [3.63, 3.8) is 0 Å². The quantitative estimate of drug-likeness (QED) is 0.757. The minimum Gasteiger partial charge on any atom is -0.479 e. The van der Waals surface area contributed by atoms with E-state index >= 15 is 0 Å². The van der Waals surface area contributed by atoms with Crippen molar-refractivity contribution >= 4 is 5.97 Å². The Morgan fingerprint density at radius 2 is 2.40 bits per heavy atom. The number of ether oxygens (including phenoxy) is 1. The molecule has 0 heterocycles. The van der Waals surface area contributed by atoms with E-state index in [0.717, 1.165) is 6.07 Å². The molecule has 0 aliphatic rings. The summed E-state index contributed by atoms with van der Waals surface area (Å²) in [5.74, 6) is -1.64. The van der Waals surface area contributed by atoms with Gasteiger partial charge in [-0.1, -0.05) is 18.2 Å². The molecule has 1 N–H and O–H groups in total. The van der Waals surface area contributed by atoms with Crippen LogP contribution in [0.15, 0.2) is 36.9 Å². The second-order valence-corrected chi connectivity index (χ2v) is 2.90. The molecule has 0 fully saturated rings. The molecule has 1 aromatic rings. The summed E-state index contributed by atoms with van der Waals surface area (Å²) in [7, 11) is 0. The van der Waals surface area contributed by atoms with E-state index in [-0.39, 0.29) is 12.2 Å². The molecule has 80 valence electrons. The molecule has 0 saturated heterocycles. The fraction of sp³-hybridized carbons (Fsp3) is 0.182. The van der Waals surface area contributed by atoms with Crippen LogP contribution in [-0.4, -0.2) is 17.7 Å². The van der Waals surface area contributed by atoms with Crippen molar-refractivity contribution < 1.29 is 19.0 Å². The Kier molecular flexibility index (Phi) is 4.00. The van der Waals surface area contributed by atoms with E-state index in [1.165, 1.54) is 24.3 Å². The van der Waals surface area contributed by atoms with Gasteiger partial charge in [0.15, 0.2) is 6.10 Å². The maximum absolute atomic E-state index is 12.8. The Morgan fingerprint density at radius 3 is 2.93 bits per heavy atom. The normalized spacial score (nSPS) is 12.1. The monoisotopic (exact) mass is 210 g/mol. The third-order valence-corrected chi connectivity index (χ3v) is 1.76. The number of carboxylic acid groups (broad SMARTS) is 1. The molecular formula is C11H11FO3. The highest BCUT2D eigenvalue weighted by Gasteiger charge is 2.20. The third-order valence-electron chi connectivity index (χ3n) is 1.76. The van der Waals surface area contributed by atoms with Crippen LogP contribution in [0.1, 0.15) is 11.7 Å². The maximum Gasteiger partial charge on any atom is 0.337 e. The van der Waals surface area contributed by atoms with Gasteiger partial charge in [-0.05, 0) is 17.7 Å². The molecule has 4 heteroatoms. The predicted molar refractivity (Wildman–Crippen MR) is 52.9 cm³/mol. The molecule has 0 amide bonds. The number of hydrogen-bond donors (Lipinski definition) is 1. The van der Waals surface area contributed by atoms with Gasteiger partial charge in [0.05, 0.1) is 6.61 Å². The Hall–Kier alpha value is -1.68. The number of hydrogen-bond acceptors (Lipinski definition) is 2. The van der Waals surface area contributed by atoms with Crippen molar-refractivity contribution in [1.82, 2.24) is 0 Å². The number of halogens is 1. The van der Waals surface area contributed by atoms with Crippen LogP contribution in [-0.2, 0) is 9.53 Å². The summed E-state index contributed by atoms with van der Waals surface area (Å²) >= 11 is 0.